The number of ether oxygens (including phenoxy) is 2. The maximum absolute atomic E-state index is 5.77. The smallest absolute Gasteiger partial charge is 0.161 e. The minimum Gasteiger partial charge on any atom is -0.493 e. The Morgan fingerprint density at radius 1 is 1.00 bits per heavy atom. The summed E-state index contributed by atoms with van der Waals surface area (Å²) >= 11 is 0. The first-order valence-corrected chi connectivity index (χ1v) is 7.22. The van der Waals surface area contributed by atoms with E-state index in [1.54, 1.807) is 7.11 Å². The van der Waals surface area contributed by atoms with Crippen molar-refractivity contribution < 1.29 is 9.47 Å². The third-order valence-corrected chi connectivity index (χ3v) is 3.96. The molecule has 0 atom stereocenters. The topological polar surface area (TPSA) is 30.5 Å². The van der Waals surface area contributed by atoms with Crippen LogP contribution in [0.3, 0.4) is 0 Å². The Hall–Kier alpha value is -1.22. The Labute approximate surface area is 117 Å². The van der Waals surface area contributed by atoms with E-state index in [0.717, 1.165) is 37.3 Å². The first-order valence-electron chi connectivity index (χ1n) is 7.22. The standard InChI is InChI=1S/C16H27NO2/c1-5-16(6-2,7-3)17-12-13-19-15-11-9-8-10-14(15)18-4/h8-11,17H,5-7,12-13H2,1-4H3. The van der Waals surface area contributed by atoms with Crippen LogP contribution < -0.4 is 14.8 Å². The van der Waals surface area contributed by atoms with Gasteiger partial charge in [-0.15, -0.1) is 0 Å². The van der Waals surface area contributed by atoms with Crippen molar-refractivity contribution in [2.45, 2.75) is 45.6 Å². The molecule has 19 heavy (non-hydrogen) atoms. The second-order valence-electron chi connectivity index (χ2n) is 4.77. The molecule has 0 spiro atoms. The predicted molar refractivity (Wildman–Crippen MR) is 80.1 cm³/mol. The lowest BCUT2D eigenvalue weighted by Crippen LogP contribution is -2.45. The normalized spacial score (nSPS) is 11.4. The molecule has 1 aromatic rings. The molecule has 108 valence electrons. The Morgan fingerprint density at radius 2 is 1.58 bits per heavy atom. The molecule has 0 aliphatic rings. The van der Waals surface area contributed by atoms with Gasteiger partial charge in [-0.05, 0) is 31.4 Å². The molecule has 3 nitrogen and oxygen atoms in total. The Morgan fingerprint density at radius 3 is 2.11 bits per heavy atom. The lowest BCUT2D eigenvalue weighted by Gasteiger charge is -2.32. The van der Waals surface area contributed by atoms with Gasteiger partial charge in [0.15, 0.2) is 11.5 Å². The van der Waals surface area contributed by atoms with Gasteiger partial charge in [0.2, 0.25) is 0 Å². The van der Waals surface area contributed by atoms with Gasteiger partial charge in [0.25, 0.3) is 0 Å². The van der Waals surface area contributed by atoms with Crippen molar-refractivity contribution in [1.82, 2.24) is 5.32 Å². The second-order valence-corrected chi connectivity index (χ2v) is 4.77. The zero-order valence-corrected chi connectivity index (χ0v) is 12.7. The van der Waals surface area contributed by atoms with Crippen LogP contribution in [-0.2, 0) is 0 Å². The van der Waals surface area contributed by atoms with Crippen LogP contribution in [-0.4, -0.2) is 25.8 Å². The molecule has 0 aliphatic heterocycles. The third-order valence-electron chi connectivity index (χ3n) is 3.96. The quantitative estimate of drug-likeness (QED) is 0.692. The zero-order chi connectivity index (χ0) is 14.1. The van der Waals surface area contributed by atoms with Crippen molar-refractivity contribution in [1.29, 1.82) is 0 Å². The molecule has 0 radical (unpaired) electrons. The van der Waals surface area contributed by atoms with E-state index >= 15 is 0 Å². The predicted octanol–water partition coefficient (Wildman–Crippen LogP) is 3.63. The summed E-state index contributed by atoms with van der Waals surface area (Å²) in [5, 5.41) is 3.62. The third kappa shape index (κ3) is 4.43. The molecule has 0 amide bonds. The number of para-hydroxylation sites is 2. The highest BCUT2D eigenvalue weighted by molar-refractivity contribution is 5.39. The van der Waals surface area contributed by atoms with E-state index in [1.807, 2.05) is 24.3 Å². The van der Waals surface area contributed by atoms with Crippen molar-refractivity contribution >= 4 is 0 Å². The van der Waals surface area contributed by atoms with Crippen LogP contribution >= 0.6 is 0 Å². The molecule has 1 N–H and O–H groups in total. The van der Waals surface area contributed by atoms with E-state index in [-0.39, 0.29) is 5.54 Å². The van der Waals surface area contributed by atoms with E-state index in [9.17, 15) is 0 Å². The molecule has 0 saturated carbocycles. The maximum Gasteiger partial charge on any atom is 0.161 e. The zero-order valence-electron chi connectivity index (χ0n) is 12.7. The van der Waals surface area contributed by atoms with Crippen molar-refractivity contribution in [2.75, 3.05) is 20.3 Å². The first kappa shape index (κ1) is 15.8. The largest absolute Gasteiger partial charge is 0.493 e. The van der Waals surface area contributed by atoms with E-state index < -0.39 is 0 Å². The molecule has 0 saturated heterocycles. The number of rotatable bonds is 9. The van der Waals surface area contributed by atoms with E-state index in [2.05, 4.69) is 26.1 Å². The minimum atomic E-state index is 0.254. The summed E-state index contributed by atoms with van der Waals surface area (Å²) in [6, 6.07) is 7.75. The fourth-order valence-electron chi connectivity index (χ4n) is 2.34. The Balaban J connectivity index is 2.42. The summed E-state index contributed by atoms with van der Waals surface area (Å²) in [4.78, 5) is 0. The summed E-state index contributed by atoms with van der Waals surface area (Å²) in [6.45, 7) is 8.22. The molecule has 0 aromatic heterocycles. The van der Waals surface area contributed by atoms with Crippen LogP contribution in [0.25, 0.3) is 0 Å². The van der Waals surface area contributed by atoms with Gasteiger partial charge in [0.1, 0.15) is 6.61 Å². The van der Waals surface area contributed by atoms with Crippen LogP contribution in [0.15, 0.2) is 24.3 Å². The van der Waals surface area contributed by atoms with Crippen LogP contribution in [0.1, 0.15) is 40.0 Å². The number of benzene rings is 1. The molecular formula is C16H27NO2. The average molecular weight is 265 g/mol. The van der Waals surface area contributed by atoms with Gasteiger partial charge < -0.3 is 14.8 Å². The maximum atomic E-state index is 5.77. The summed E-state index contributed by atoms with van der Waals surface area (Å²) in [5.41, 5.74) is 0.254. The molecule has 0 fully saturated rings. The van der Waals surface area contributed by atoms with Crippen LogP contribution in [0.4, 0.5) is 0 Å². The highest BCUT2D eigenvalue weighted by atomic mass is 16.5. The molecule has 3 heteroatoms. The van der Waals surface area contributed by atoms with Crippen molar-refractivity contribution in [3.05, 3.63) is 24.3 Å². The fraction of sp³-hybridized carbons (Fsp3) is 0.625. The molecule has 1 aromatic carbocycles. The average Bonchev–Trinajstić information content (AvgIpc) is 2.48. The summed E-state index contributed by atoms with van der Waals surface area (Å²) in [7, 11) is 1.66. The number of nitrogens with one attached hydrogen (secondary N) is 1. The first-order chi connectivity index (χ1) is 9.21. The number of hydrogen-bond donors (Lipinski definition) is 1. The Bertz CT molecular complexity index is 353. The molecule has 0 heterocycles. The fourth-order valence-corrected chi connectivity index (χ4v) is 2.34. The molecule has 1 rings (SSSR count). The van der Waals surface area contributed by atoms with Crippen LogP contribution in [0.5, 0.6) is 11.5 Å². The van der Waals surface area contributed by atoms with Gasteiger partial charge in [-0.25, -0.2) is 0 Å². The van der Waals surface area contributed by atoms with E-state index in [1.165, 1.54) is 0 Å². The van der Waals surface area contributed by atoms with E-state index in [4.69, 9.17) is 9.47 Å². The summed E-state index contributed by atoms with van der Waals surface area (Å²) in [6.07, 6.45) is 3.44. The molecular weight excluding hydrogens is 238 g/mol. The van der Waals surface area contributed by atoms with Gasteiger partial charge in [-0.2, -0.15) is 0 Å². The van der Waals surface area contributed by atoms with Crippen molar-refractivity contribution in [3.63, 3.8) is 0 Å². The van der Waals surface area contributed by atoms with Gasteiger partial charge in [0, 0.05) is 12.1 Å². The lowest BCUT2D eigenvalue weighted by molar-refractivity contribution is 0.241. The number of hydrogen-bond acceptors (Lipinski definition) is 3. The second kappa shape index (κ2) is 8.05. The van der Waals surface area contributed by atoms with Crippen molar-refractivity contribution in [3.8, 4) is 11.5 Å². The van der Waals surface area contributed by atoms with Gasteiger partial charge in [0.05, 0.1) is 7.11 Å². The highest BCUT2D eigenvalue weighted by Crippen LogP contribution is 2.25. The van der Waals surface area contributed by atoms with Crippen LogP contribution in [0.2, 0.25) is 0 Å². The van der Waals surface area contributed by atoms with Crippen molar-refractivity contribution in [2.24, 2.45) is 0 Å². The van der Waals surface area contributed by atoms with Gasteiger partial charge in [-0.3, -0.25) is 0 Å². The van der Waals surface area contributed by atoms with Crippen LogP contribution in [0, 0.1) is 0 Å². The molecule has 0 aliphatic carbocycles. The summed E-state index contributed by atoms with van der Waals surface area (Å²) in [5.74, 6) is 1.59. The van der Waals surface area contributed by atoms with Gasteiger partial charge >= 0.3 is 0 Å². The van der Waals surface area contributed by atoms with E-state index in [0.29, 0.717) is 6.61 Å². The lowest BCUT2D eigenvalue weighted by atomic mass is 9.90. The number of methoxy groups -OCH3 is 1. The highest BCUT2D eigenvalue weighted by Gasteiger charge is 2.22. The SMILES string of the molecule is CCC(CC)(CC)NCCOc1ccccc1OC. The molecule has 0 unspecified atom stereocenters. The Kier molecular flexibility index (Phi) is 6.71. The summed E-state index contributed by atoms with van der Waals surface area (Å²) < 4.78 is 11.0. The molecule has 0 bridgehead atoms. The minimum absolute atomic E-state index is 0.254. The monoisotopic (exact) mass is 265 g/mol. The van der Waals surface area contributed by atoms with Gasteiger partial charge in [-0.1, -0.05) is 32.9 Å².